The zero-order valence-corrected chi connectivity index (χ0v) is 7.27. The zero-order valence-electron chi connectivity index (χ0n) is 5.64. The summed E-state index contributed by atoms with van der Waals surface area (Å²) >= 11 is 2.25. The Bertz CT molecular complexity index is 91.1. The highest BCUT2D eigenvalue weighted by atomic mass is 32.2. The van der Waals surface area contributed by atoms with Gasteiger partial charge < -0.3 is 0 Å². The molecule has 0 N–H and O–H groups in total. The Morgan fingerprint density at radius 3 is 3.00 bits per heavy atom. The highest BCUT2D eigenvalue weighted by Gasteiger charge is 2.38. The minimum Gasteiger partial charge on any atom is -0.105 e. The lowest BCUT2D eigenvalue weighted by atomic mass is 10.4. The third-order valence-corrected chi connectivity index (χ3v) is 7.03. The molecule has 0 aromatic heterocycles. The SMILES string of the molecule is C1CSC2CCC[S+]2C1. The molecule has 0 nitrogen and oxygen atoms in total. The van der Waals surface area contributed by atoms with Gasteiger partial charge in [-0.1, -0.05) is 0 Å². The monoisotopic (exact) mass is 161 g/mol. The van der Waals surface area contributed by atoms with Crippen molar-refractivity contribution in [3.05, 3.63) is 0 Å². The van der Waals surface area contributed by atoms with E-state index < -0.39 is 0 Å². The molecule has 2 aliphatic heterocycles. The van der Waals surface area contributed by atoms with Crippen LogP contribution >= 0.6 is 11.8 Å². The van der Waals surface area contributed by atoms with Gasteiger partial charge in [0.25, 0.3) is 0 Å². The third-order valence-electron chi connectivity index (χ3n) is 2.07. The van der Waals surface area contributed by atoms with Gasteiger partial charge in [0.1, 0.15) is 11.5 Å². The number of hydrogen-bond acceptors (Lipinski definition) is 1. The van der Waals surface area contributed by atoms with Crippen molar-refractivity contribution in [2.45, 2.75) is 23.8 Å². The number of rotatable bonds is 0. The van der Waals surface area contributed by atoms with Crippen LogP contribution in [-0.4, -0.2) is 21.8 Å². The van der Waals surface area contributed by atoms with E-state index in [2.05, 4.69) is 11.8 Å². The second kappa shape index (κ2) is 2.75. The summed E-state index contributed by atoms with van der Waals surface area (Å²) in [6.07, 6.45) is 4.57. The van der Waals surface area contributed by atoms with E-state index in [9.17, 15) is 0 Å². The first-order chi connectivity index (χ1) is 4.47. The molecule has 2 heteroatoms. The normalized spacial score (nSPS) is 42.7. The Morgan fingerprint density at radius 1 is 1.22 bits per heavy atom. The van der Waals surface area contributed by atoms with Crippen LogP contribution in [0.2, 0.25) is 0 Å². The lowest BCUT2D eigenvalue weighted by Crippen LogP contribution is -2.22. The molecule has 0 aromatic rings. The van der Waals surface area contributed by atoms with Gasteiger partial charge in [-0.3, -0.25) is 0 Å². The van der Waals surface area contributed by atoms with Crippen molar-refractivity contribution >= 4 is 22.7 Å². The van der Waals surface area contributed by atoms with Gasteiger partial charge in [0.2, 0.25) is 0 Å². The van der Waals surface area contributed by atoms with Gasteiger partial charge in [-0.2, -0.15) is 0 Å². The van der Waals surface area contributed by atoms with Crippen molar-refractivity contribution in [2.75, 3.05) is 17.3 Å². The summed E-state index contributed by atoms with van der Waals surface area (Å²) in [4.78, 5) is 0. The maximum atomic E-state index is 2.25. The topological polar surface area (TPSA) is 0 Å². The molecule has 9 heavy (non-hydrogen) atoms. The fourth-order valence-electron chi connectivity index (χ4n) is 1.61. The van der Waals surface area contributed by atoms with Crippen LogP contribution in [0.1, 0.15) is 19.3 Å². The second-order valence-electron chi connectivity index (χ2n) is 2.74. The highest BCUT2D eigenvalue weighted by molar-refractivity contribution is 8.16. The van der Waals surface area contributed by atoms with Gasteiger partial charge in [0.15, 0.2) is 4.58 Å². The van der Waals surface area contributed by atoms with E-state index in [1.165, 1.54) is 25.0 Å². The summed E-state index contributed by atoms with van der Waals surface area (Å²) in [6, 6.07) is 0. The third kappa shape index (κ3) is 1.25. The molecule has 2 atom stereocenters. The quantitative estimate of drug-likeness (QED) is 0.489. The minimum absolute atomic E-state index is 0.878. The standard InChI is InChI=1S/C7H13S2/c1-3-7-8-4-2-6-9(7)5-1/h7H,1-6H2/q+1. The predicted octanol–water partition coefficient (Wildman–Crippen LogP) is 1.86. The van der Waals surface area contributed by atoms with Gasteiger partial charge in [-0.25, -0.2) is 0 Å². The van der Waals surface area contributed by atoms with Crippen LogP contribution in [0.25, 0.3) is 0 Å². The van der Waals surface area contributed by atoms with Crippen molar-refractivity contribution in [3.8, 4) is 0 Å². The molecular formula is C7H13S2+. The van der Waals surface area contributed by atoms with Gasteiger partial charge in [0.05, 0.1) is 0 Å². The molecule has 2 fully saturated rings. The summed E-state index contributed by atoms with van der Waals surface area (Å²) < 4.78 is 1.11. The summed E-state index contributed by atoms with van der Waals surface area (Å²) in [5.74, 6) is 4.59. The fraction of sp³-hybridized carbons (Fsp3) is 1.00. The minimum atomic E-state index is 0.878. The lowest BCUT2D eigenvalue weighted by molar-refractivity contribution is 0.920. The maximum absolute atomic E-state index is 2.25. The molecule has 2 saturated heterocycles. The Labute approximate surface area is 64.1 Å². The van der Waals surface area contributed by atoms with Gasteiger partial charge in [-0.05, 0) is 6.42 Å². The molecule has 2 heterocycles. The largest absolute Gasteiger partial charge is 0.163 e. The van der Waals surface area contributed by atoms with Crippen molar-refractivity contribution in [2.24, 2.45) is 0 Å². The average Bonchev–Trinajstić information content (AvgIpc) is 2.33. The second-order valence-corrected chi connectivity index (χ2v) is 6.81. The van der Waals surface area contributed by atoms with E-state index in [0.29, 0.717) is 0 Å². The maximum Gasteiger partial charge on any atom is 0.163 e. The highest BCUT2D eigenvalue weighted by Crippen LogP contribution is 2.35. The molecule has 2 unspecified atom stereocenters. The van der Waals surface area contributed by atoms with Gasteiger partial charge in [0, 0.05) is 29.5 Å². The van der Waals surface area contributed by atoms with Crippen LogP contribution in [0.3, 0.4) is 0 Å². The Kier molecular flexibility index (Phi) is 1.96. The van der Waals surface area contributed by atoms with Crippen molar-refractivity contribution in [1.82, 2.24) is 0 Å². The summed E-state index contributed by atoms with van der Waals surface area (Å²) in [6.45, 7) is 0. The molecule has 0 aliphatic carbocycles. The van der Waals surface area contributed by atoms with E-state index in [4.69, 9.17) is 0 Å². The number of hydrogen-bond donors (Lipinski definition) is 0. The van der Waals surface area contributed by atoms with Crippen LogP contribution in [0, 0.1) is 0 Å². The predicted molar refractivity (Wildman–Crippen MR) is 47.2 cm³/mol. The average molecular weight is 161 g/mol. The van der Waals surface area contributed by atoms with Crippen molar-refractivity contribution in [3.63, 3.8) is 0 Å². The van der Waals surface area contributed by atoms with Crippen molar-refractivity contribution < 1.29 is 0 Å². The Balaban J connectivity index is 1.97. The van der Waals surface area contributed by atoms with Gasteiger partial charge >= 0.3 is 0 Å². The summed E-state index contributed by atoms with van der Waals surface area (Å²) in [5.41, 5.74) is 0. The summed E-state index contributed by atoms with van der Waals surface area (Å²) in [5, 5.41) is 0. The first kappa shape index (κ1) is 6.41. The molecule has 2 aliphatic rings. The smallest absolute Gasteiger partial charge is 0.105 e. The molecule has 52 valence electrons. The van der Waals surface area contributed by atoms with Crippen molar-refractivity contribution in [1.29, 1.82) is 0 Å². The number of fused-ring (bicyclic) bond motifs is 1. The van der Waals surface area contributed by atoms with Crippen LogP contribution in [-0.2, 0) is 10.9 Å². The van der Waals surface area contributed by atoms with E-state index in [-0.39, 0.29) is 0 Å². The van der Waals surface area contributed by atoms with E-state index in [0.717, 1.165) is 15.5 Å². The van der Waals surface area contributed by atoms with E-state index in [1.807, 2.05) is 0 Å². The van der Waals surface area contributed by atoms with E-state index >= 15 is 0 Å². The number of thioether (sulfide) groups is 1. The first-order valence-corrected chi connectivity index (χ1v) is 6.42. The molecule has 0 radical (unpaired) electrons. The summed E-state index contributed by atoms with van der Waals surface area (Å²) in [7, 11) is 0.878. The van der Waals surface area contributed by atoms with E-state index in [1.54, 1.807) is 11.5 Å². The first-order valence-electron chi connectivity index (χ1n) is 3.75. The Hall–Kier alpha value is 0.700. The zero-order chi connectivity index (χ0) is 6.10. The lowest BCUT2D eigenvalue weighted by Gasteiger charge is -2.15. The van der Waals surface area contributed by atoms with Crippen LogP contribution in [0.4, 0.5) is 0 Å². The Morgan fingerprint density at radius 2 is 2.11 bits per heavy atom. The molecule has 0 aromatic carbocycles. The van der Waals surface area contributed by atoms with Crippen LogP contribution in [0.15, 0.2) is 0 Å². The van der Waals surface area contributed by atoms with Crippen LogP contribution < -0.4 is 0 Å². The van der Waals surface area contributed by atoms with Crippen LogP contribution in [0.5, 0.6) is 0 Å². The molecule has 0 bridgehead atoms. The van der Waals surface area contributed by atoms with Gasteiger partial charge in [-0.15, -0.1) is 11.8 Å². The molecule has 0 amide bonds. The molecule has 2 rings (SSSR count). The molecular weight excluding hydrogens is 148 g/mol. The molecule has 0 saturated carbocycles. The molecule has 0 spiro atoms. The fourth-order valence-corrected chi connectivity index (χ4v) is 6.61.